The van der Waals surface area contributed by atoms with Gasteiger partial charge < -0.3 is 5.32 Å². The third kappa shape index (κ3) is 3.92. The molecule has 1 aliphatic heterocycles. The Bertz CT molecular complexity index is 1020. The van der Waals surface area contributed by atoms with Crippen LogP contribution in [0.4, 0.5) is 4.79 Å². The molecule has 0 saturated carbocycles. The Hall–Kier alpha value is -2.49. The Balaban J connectivity index is 1.99. The van der Waals surface area contributed by atoms with Gasteiger partial charge in [0.2, 0.25) is 6.41 Å². The Morgan fingerprint density at radius 1 is 1.40 bits per heavy atom. The van der Waals surface area contributed by atoms with E-state index >= 15 is 0 Å². The fourth-order valence-electron chi connectivity index (χ4n) is 3.83. The second-order valence-electron chi connectivity index (χ2n) is 7.31. The van der Waals surface area contributed by atoms with Gasteiger partial charge in [0.25, 0.3) is 5.91 Å². The van der Waals surface area contributed by atoms with Gasteiger partial charge in [-0.2, -0.15) is 0 Å². The van der Waals surface area contributed by atoms with Crippen LogP contribution in [0.25, 0.3) is 10.1 Å². The van der Waals surface area contributed by atoms with Crippen LogP contribution in [0.1, 0.15) is 47.8 Å². The number of carbonyl (C=O) groups is 4. The van der Waals surface area contributed by atoms with Crippen LogP contribution in [0, 0.1) is 6.92 Å². The number of nitrogens with one attached hydrogen (secondary N) is 2. The molecule has 2 aromatic rings. The quantitative estimate of drug-likeness (QED) is 0.177. The lowest BCUT2D eigenvalue weighted by Crippen LogP contribution is -2.62. The van der Waals surface area contributed by atoms with E-state index in [9.17, 15) is 24.4 Å². The van der Waals surface area contributed by atoms with Gasteiger partial charge in [-0.25, -0.2) is 9.86 Å². The molecule has 1 fully saturated rings. The number of fused-ring (bicyclic) bond motifs is 1. The predicted molar refractivity (Wildman–Crippen MR) is 113 cm³/mol. The zero-order chi connectivity index (χ0) is 22.1. The molecule has 0 bridgehead atoms. The predicted octanol–water partition coefficient (Wildman–Crippen LogP) is 3.42. The first-order valence-corrected chi connectivity index (χ1v) is 10.7. The highest BCUT2D eigenvalue weighted by Gasteiger charge is 2.54. The van der Waals surface area contributed by atoms with E-state index < -0.39 is 23.5 Å². The standard InChI is InChI=1S/C20H22ClN3O5S/c1-3-4-7-20(18(27)22-19(28)23-20)16(24(29)10-25)9-14(26)17-11(2)13-8-12(21)5-6-15(13)30-17/h5-6,8,10,16,29H,3-4,7,9H2,1-2H3,(H2,22,23,27,28)/t16?,20-/m0/s1. The Morgan fingerprint density at radius 2 is 2.13 bits per heavy atom. The van der Waals surface area contributed by atoms with E-state index in [0.29, 0.717) is 27.8 Å². The highest BCUT2D eigenvalue weighted by atomic mass is 35.5. The number of urea groups is 1. The van der Waals surface area contributed by atoms with E-state index in [1.165, 1.54) is 11.3 Å². The van der Waals surface area contributed by atoms with Crippen LogP contribution in [0.2, 0.25) is 5.02 Å². The largest absolute Gasteiger partial charge is 0.322 e. The molecule has 1 aromatic heterocycles. The first-order chi connectivity index (χ1) is 14.2. The summed E-state index contributed by atoms with van der Waals surface area (Å²) >= 11 is 7.34. The molecule has 8 nitrogen and oxygen atoms in total. The zero-order valence-corrected chi connectivity index (χ0v) is 18.1. The number of amides is 4. The number of nitrogens with zero attached hydrogens (tertiary/aromatic N) is 1. The molecule has 3 rings (SSSR count). The molecule has 4 amide bonds. The van der Waals surface area contributed by atoms with Gasteiger partial charge in [0, 0.05) is 16.1 Å². The topological polar surface area (TPSA) is 116 Å². The van der Waals surface area contributed by atoms with Crippen LogP contribution in [0.15, 0.2) is 18.2 Å². The third-order valence-corrected chi connectivity index (χ3v) is 6.97. The summed E-state index contributed by atoms with van der Waals surface area (Å²) < 4.78 is 0.876. The number of imide groups is 1. The molecule has 3 N–H and O–H groups in total. The Morgan fingerprint density at radius 3 is 2.73 bits per heavy atom. The van der Waals surface area contributed by atoms with Crippen molar-refractivity contribution < 1.29 is 24.4 Å². The van der Waals surface area contributed by atoms with E-state index in [-0.39, 0.29) is 25.0 Å². The normalized spacial score (nSPS) is 19.5. The minimum atomic E-state index is -1.59. The van der Waals surface area contributed by atoms with Gasteiger partial charge in [0.1, 0.15) is 5.54 Å². The third-order valence-electron chi connectivity index (χ3n) is 5.42. The van der Waals surface area contributed by atoms with Crippen molar-refractivity contribution in [3.8, 4) is 0 Å². The number of aryl methyl sites for hydroxylation is 1. The van der Waals surface area contributed by atoms with Crippen LogP contribution in [0.5, 0.6) is 0 Å². The molecule has 0 spiro atoms. The summed E-state index contributed by atoms with van der Waals surface area (Å²) in [5, 5.41) is 16.7. The fraction of sp³-hybridized carbons (Fsp3) is 0.400. The molecule has 160 valence electrons. The Labute approximate surface area is 182 Å². The molecule has 1 unspecified atom stereocenters. The smallest absolute Gasteiger partial charge is 0.321 e. The maximum absolute atomic E-state index is 13.2. The molecule has 30 heavy (non-hydrogen) atoms. The summed E-state index contributed by atoms with van der Waals surface area (Å²) in [6.07, 6.45) is 1.24. The summed E-state index contributed by atoms with van der Waals surface area (Å²) in [5.74, 6) is -1.01. The van der Waals surface area contributed by atoms with E-state index in [4.69, 9.17) is 11.6 Å². The van der Waals surface area contributed by atoms with Crippen LogP contribution < -0.4 is 10.6 Å². The van der Waals surface area contributed by atoms with E-state index in [1.807, 2.05) is 13.0 Å². The van der Waals surface area contributed by atoms with Gasteiger partial charge in [-0.05, 0) is 42.5 Å². The van der Waals surface area contributed by atoms with Crippen molar-refractivity contribution in [2.45, 2.75) is 51.1 Å². The van der Waals surface area contributed by atoms with E-state index in [1.54, 1.807) is 19.1 Å². The number of hydroxylamine groups is 2. The van der Waals surface area contributed by atoms with Crippen molar-refractivity contribution in [3.05, 3.63) is 33.7 Å². The minimum absolute atomic E-state index is 0.140. The highest BCUT2D eigenvalue weighted by molar-refractivity contribution is 7.21. The molecule has 1 saturated heterocycles. The summed E-state index contributed by atoms with van der Waals surface area (Å²) in [6.45, 7) is 3.70. The maximum atomic E-state index is 13.2. The first kappa shape index (κ1) is 22.2. The summed E-state index contributed by atoms with van der Waals surface area (Å²) in [7, 11) is 0. The number of benzene rings is 1. The van der Waals surface area contributed by atoms with Crippen molar-refractivity contribution in [1.29, 1.82) is 0 Å². The summed E-state index contributed by atoms with van der Waals surface area (Å²) in [6, 6.07) is 3.35. The number of hydrogen-bond acceptors (Lipinski definition) is 6. The van der Waals surface area contributed by atoms with Crippen molar-refractivity contribution in [2.24, 2.45) is 0 Å². The van der Waals surface area contributed by atoms with Crippen LogP contribution in [0.3, 0.4) is 0 Å². The van der Waals surface area contributed by atoms with E-state index in [0.717, 1.165) is 15.6 Å². The first-order valence-electron chi connectivity index (χ1n) is 9.51. The van der Waals surface area contributed by atoms with E-state index in [2.05, 4.69) is 10.6 Å². The lowest BCUT2D eigenvalue weighted by molar-refractivity contribution is -0.169. The molecule has 10 heteroatoms. The second-order valence-corrected chi connectivity index (χ2v) is 8.80. The fourth-order valence-corrected chi connectivity index (χ4v) is 5.14. The van der Waals surface area contributed by atoms with Crippen LogP contribution in [-0.2, 0) is 9.59 Å². The minimum Gasteiger partial charge on any atom is -0.321 e. The number of ketones is 1. The van der Waals surface area contributed by atoms with Gasteiger partial charge in [-0.1, -0.05) is 31.4 Å². The number of halogens is 1. The lowest BCUT2D eigenvalue weighted by Gasteiger charge is -2.37. The maximum Gasteiger partial charge on any atom is 0.322 e. The summed E-state index contributed by atoms with van der Waals surface area (Å²) in [5.41, 5.74) is -0.855. The Kier molecular flexibility index (Phi) is 6.44. The molecule has 0 radical (unpaired) electrons. The molecule has 1 aromatic carbocycles. The van der Waals surface area contributed by atoms with Gasteiger partial charge in [0.05, 0.1) is 10.9 Å². The van der Waals surface area contributed by atoms with Crippen LogP contribution >= 0.6 is 22.9 Å². The van der Waals surface area contributed by atoms with Crippen molar-refractivity contribution in [2.75, 3.05) is 0 Å². The van der Waals surface area contributed by atoms with Gasteiger partial charge >= 0.3 is 6.03 Å². The van der Waals surface area contributed by atoms with Gasteiger partial charge in [0.15, 0.2) is 5.78 Å². The average Bonchev–Trinajstić information content (AvgIpc) is 3.19. The molecular weight excluding hydrogens is 430 g/mol. The van der Waals surface area contributed by atoms with Gasteiger partial charge in [-0.15, -0.1) is 11.3 Å². The lowest BCUT2D eigenvalue weighted by atomic mass is 9.81. The molecule has 2 atom stereocenters. The summed E-state index contributed by atoms with van der Waals surface area (Å²) in [4.78, 5) is 49.6. The van der Waals surface area contributed by atoms with Crippen molar-refractivity contribution in [3.63, 3.8) is 0 Å². The van der Waals surface area contributed by atoms with Crippen molar-refractivity contribution >= 4 is 57.2 Å². The number of Topliss-reactive ketones (excluding diaryl/α,β-unsaturated/α-hetero) is 1. The number of carbonyl (C=O) groups excluding carboxylic acids is 4. The molecular formula is C20H22ClN3O5S. The number of thiophene rings is 1. The molecule has 2 heterocycles. The second kappa shape index (κ2) is 8.71. The monoisotopic (exact) mass is 451 g/mol. The SMILES string of the molecule is CCCC[C@@]1(C(CC(=O)c2sc3ccc(Cl)cc3c2C)N(O)C=O)NC(=O)NC1=O. The van der Waals surface area contributed by atoms with Crippen molar-refractivity contribution in [1.82, 2.24) is 15.7 Å². The molecule has 0 aliphatic carbocycles. The number of rotatable bonds is 9. The average molecular weight is 452 g/mol. The van der Waals surface area contributed by atoms with Crippen LogP contribution in [-0.4, -0.2) is 46.0 Å². The molecule has 1 aliphatic rings. The number of unbranched alkanes of at least 4 members (excludes halogenated alkanes) is 1. The van der Waals surface area contributed by atoms with Gasteiger partial charge in [-0.3, -0.25) is 24.9 Å². The number of hydrogen-bond donors (Lipinski definition) is 3. The zero-order valence-electron chi connectivity index (χ0n) is 16.5. The highest BCUT2D eigenvalue weighted by Crippen LogP contribution is 2.35.